The fraction of sp³-hybridized carbons (Fsp3) is 0.533. The van der Waals surface area contributed by atoms with E-state index in [4.69, 9.17) is 4.74 Å². The Hall–Kier alpha value is -1.07. The second-order valence-electron chi connectivity index (χ2n) is 5.18. The molecule has 2 N–H and O–H groups in total. The van der Waals surface area contributed by atoms with E-state index in [1.54, 1.807) is 19.1 Å². The van der Waals surface area contributed by atoms with Crippen LogP contribution in [0.4, 0.5) is 0 Å². The zero-order valence-electron chi connectivity index (χ0n) is 12.1. The van der Waals surface area contributed by atoms with Crippen molar-refractivity contribution in [2.24, 2.45) is 5.92 Å². The number of amides is 1. The number of carbonyl (C=O) groups is 1. The first kappa shape index (κ1) is 17.0. The largest absolute Gasteiger partial charge is 0.483 e. The normalized spacial score (nSPS) is 12.3. The van der Waals surface area contributed by atoms with Gasteiger partial charge in [0.15, 0.2) is 6.61 Å². The van der Waals surface area contributed by atoms with Crippen molar-refractivity contribution in [2.45, 2.75) is 33.3 Å². The minimum atomic E-state index is -0.647. The zero-order valence-corrected chi connectivity index (χ0v) is 13.7. The molecule has 1 aromatic rings. The lowest BCUT2D eigenvalue weighted by atomic mass is 10.1. The summed E-state index contributed by atoms with van der Waals surface area (Å²) in [5.74, 6) is 0.942. The summed E-state index contributed by atoms with van der Waals surface area (Å²) in [4.78, 5) is 11.6. The Morgan fingerprint density at radius 3 is 2.70 bits per heavy atom. The number of halogens is 1. The molecule has 0 aliphatic rings. The molecule has 0 bridgehead atoms. The first-order valence-electron chi connectivity index (χ1n) is 6.77. The Labute approximate surface area is 128 Å². The van der Waals surface area contributed by atoms with Crippen molar-refractivity contribution in [3.63, 3.8) is 0 Å². The highest BCUT2D eigenvalue weighted by Gasteiger charge is 2.11. The van der Waals surface area contributed by atoms with Crippen molar-refractivity contribution in [1.29, 1.82) is 0 Å². The van der Waals surface area contributed by atoms with E-state index >= 15 is 0 Å². The van der Waals surface area contributed by atoms with E-state index in [2.05, 4.69) is 35.1 Å². The summed E-state index contributed by atoms with van der Waals surface area (Å²) in [5.41, 5.74) is 0.661. The molecule has 20 heavy (non-hydrogen) atoms. The lowest BCUT2D eigenvalue weighted by Crippen LogP contribution is -2.30. The smallest absolute Gasteiger partial charge is 0.257 e. The number of hydrogen-bond donors (Lipinski definition) is 2. The lowest BCUT2D eigenvalue weighted by Gasteiger charge is -2.14. The van der Waals surface area contributed by atoms with Gasteiger partial charge in [-0.15, -0.1) is 0 Å². The SMILES string of the molecule is CC(C)CCNC(=O)COc1ccc(Br)cc1[C@H](C)O. The maximum atomic E-state index is 11.6. The van der Waals surface area contributed by atoms with Gasteiger partial charge in [0.2, 0.25) is 0 Å². The van der Waals surface area contributed by atoms with E-state index in [9.17, 15) is 9.90 Å². The molecule has 1 rings (SSSR count). The fourth-order valence-corrected chi connectivity index (χ4v) is 2.05. The van der Waals surface area contributed by atoms with E-state index in [-0.39, 0.29) is 12.5 Å². The Morgan fingerprint density at radius 2 is 2.10 bits per heavy atom. The standard InChI is InChI=1S/C15H22BrNO3/c1-10(2)6-7-17-15(19)9-20-14-5-4-12(16)8-13(14)11(3)18/h4-5,8,10-11,18H,6-7,9H2,1-3H3,(H,17,19)/t11-/m0/s1. The zero-order chi connectivity index (χ0) is 15.1. The molecule has 0 aliphatic carbocycles. The van der Waals surface area contributed by atoms with Gasteiger partial charge in [-0.2, -0.15) is 0 Å². The minimum Gasteiger partial charge on any atom is -0.483 e. The molecule has 0 spiro atoms. The van der Waals surface area contributed by atoms with E-state index in [1.807, 2.05) is 6.07 Å². The van der Waals surface area contributed by atoms with Crippen molar-refractivity contribution >= 4 is 21.8 Å². The highest BCUT2D eigenvalue weighted by molar-refractivity contribution is 9.10. The second kappa shape index (κ2) is 8.27. The molecule has 0 aromatic heterocycles. The van der Waals surface area contributed by atoms with Crippen LogP contribution in [0, 0.1) is 5.92 Å². The predicted octanol–water partition coefficient (Wildman–Crippen LogP) is 3.04. The van der Waals surface area contributed by atoms with E-state index in [0.29, 0.717) is 23.8 Å². The van der Waals surface area contributed by atoms with Crippen molar-refractivity contribution in [3.8, 4) is 5.75 Å². The average Bonchev–Trinajstić information content (AvgIpc) is 2.36. The molecular weight excluding hydrogens is 322 g/mol. The summed E-state index contributed by atoms with van der Waals surface area (Å²) in [7, 11) is 0. The highest BCUT2D eigenvalue weighted by Crippen LogP contribution is 2.28. The van der Waals surface area contributed by atoms with Gasteiger partial charge in [-0.1, -0.05) is 29.8 Å². The number of nitrogens with one attached hydrogen (secondary N) is 1. The monoisotopic (exact) mass is 343 g/mol. The number of aliphatic hydroxyl groups is 1. The first-order chi connectivity index (χ1) is 9.40. The van der Waals surface area contributed by atoms with Crippen LogP contribution in [0.15, 0.2) is 22.7 Å². The van der Waals surface area contributed by atoms with Crippen molar-refractivity contribution < 1.29 is 14.6 Å². The Bertz CT molecular complexity index is 447. The summed E-state index contributed by atoms with van der Waals surface area (Å²) in [6, 6.07) is 5.35. The van der Waals surface area contributed by atoms with Gasteiger partial charge in [0.1, 0.15) is 5.75 Å². The van der Waals surface area contributed by atoms with Gasteiger partial charge in [0.25, 0.3) is 5.91 Å². The van der Waals surface area contributed by atoms with E-state index in [1.165, 1.54) is 0 Å². The number of rotatable bonds is 7. The van der Waals surface area contributed by atoms with Crippen LogP contribution in [0.3, 0.4) is 0 Å². The van der Waals surface area contributed by atoms with Crippen LogP contribution in [-0.2, 0) is 4.79 Å². The molecule has 0 saturated heterocycles. The van der Waals surface area contributed by atoms with Gasteiger partial charge < -0.3 is 15.2 Å². The Balaban J connectivity index is 2.51. The third kappa shape index (κ3) is 5.92. The molecule has 0 saturated carbocycles. The van der Waals surface area contributed by atoms with Crippen molar-refractivity contribution in [2.75, 3.05) is 13.2 Å². The summed E-state index contributed by atoms with van der Waals surface area (Å²) in [5, 5.41) is 12.5. The topological polar surface area (TPSA) is 58.6 Å². The van der Waals surface area contributed by atoms with Crippen LogP contribution in [0.25, 0.3) is 0 Å². The summed E-state index contributed by atoms with van der Waals surface area (Å²) < 4.78 is 6.34. The van der Waals surface area contributed by atoms with Crippen molar-refractivity contribution in [1.82, 2.24) is 5.32 Å². The van der Waals surface area contributed by atoms with Gasteiger partial charge >= 0.3 is 0 Å². The molecular formula is C15H22BrNO3. The summed E-state index contributed by atoms with van der Waals surface area (Å²) >= 11 is 3.35. The fourth-order valence-electron chi connectivity index (χ4n) is 1.67. The molecule has 0 unspecified atom stereocenters. The van der Waals surface area contributed by atoms with Gasteiger partial charge in [0, 0.05) is 16.6 Å². The van der Waals surface area contributed by atoms with Gasteiger partial charge in [-0.05, 0) is 37.5 Å². The van der Waals surface area contributed by atoms with Crippen LogP contribution in [0.1, 0.15) is 38.9 Å². The molecule has 4 nitrogen and oxygen atoms in total. The van der Waals surface area contributed by atoms with Crippen molar-refractivity contribution in [3.05, 3.63) is 28.2 Å². The highest BCUT2D eigenvalue weighted by atomic mass is 79.9. The summed E-state index contributed by atoms with van der Waals surface area (Å²) in [6.07, 6.45) is 0.301. The number of carbonyl (C=O) groups excluding carboxylic acids is 1. The van der Waals surface area contributed by atoms with E-state index < -0.39 is 6.10 Å². The van der Waals surface area contributed by atoms with Gasteiger partial charge in [-0.25, -0.2) is 0 Å². The number of ether oxygens (including phenoxy) is 1. The number of aliphatic hydroxyl groups excluding tert-OH is 1. The maximum absolute atomic E-state index is 11.6. The van der Waals surface area contributed by atoms with Crippen LogP contribution < -0.4 is 10.1 Å². The molecule has 0 fully saturated rings. The molecule has 1 amide bonds. The molecule has 0 aliphatic heterocycles. The summed E-state index contributed by atoms with van der Waals surface area (Å²) in [6.45, 7) is 6.50. The number of benzene rings is 1. The Morgan fingerprint density at radius 1 is 1.40 bits per heavy atom. The predicted molar refractivity (Wildman–Crippen MR) is 82.7 cm³/mol. The molecule has 0 heterocycles. The first-order valence-corrected chi connectivity index (χ1v) is 7.56. The third-order valence-electron chi connectivity index (χ3n) is 2.82. The molecule has 1 atom stereocenters. The van der Waals surface area contributed by atoms with Crippen LogP contribution in [0.2, 0.25) is 0 Å². The van der Waals surface area contributed by atoms with Crippen LogP contribution in [-0.4, -0.2) is 24.2 Å². The second-order valence-corrected chi connectivity index (χ2v) is 6.09. The Kier molecular flexibility index (Phi) is 7.02. The molecule has 5 heteroatoms. The molecule has 112 valence electrons. The third-order valence-corrected chi connectivity index (χ3v) is 3.32. The minimum absolute atomic E-state index is 0.0422. The average molecular weight is 344 g/mol. The maximum Gasteiger partial charge on any atom is 0.257 e. The van der Waals surface area contributed by atoms with Crippen LogP contribution >= 0.6 is 15.9 Å². The number of hydrogen-bond acceptors (Lipinski definition) is 3. The quantitative estimate of drug-likeness (QED) is 0.799. The molecule has 0 radical (unpaired) electrons. The van der Waals surface area contributed by atoms with E-state index in [0.717, 1.165) is 10.9 Å². The van der Waals surface area contributed by atoms with Gasteiger partial charge in [0.05, 0.1) is 6.10 Å². The van der Waals surface area contributed by atoms with Gasteiger partial charge in [-0.3, -0.25) is 4.79 Å². The lowest BCUT2D eigenvalue weighted by molar-refractivity contribution is -0.123. The molecule has 1 aromatic carbocycles. The van der Waals surface area contributed by atoms with Crippen LogP contribution in [0.5, 0.6) is 5.75 Å².